The van der Waals surface area contributed by atoms with Gasteiger partial charge in [-0.1, -0.05) is 12.8 Å². The minimum atomic E-state index is 0.734. The van der Waals surface area contributed by atoms with Crippen LogP contribution in [-0.2, 0) is 0 Å². The van der Waals surface area contributed by atoms with Gasteiger partial charge in [-0.05, 0) is 44.6 Å². The molecule has 3 rings (SSSR count). The van der Waals surface area contributed by atoms with E-state index in [0.717, 1.165) is 17.9 Å². The predicted molar refractivity (Wildman–Crippen MR) is 80.4 cm³/mol. The van der Waals surface area contributed by atoms with Crippen molar-refractivity contribution >= 4 is 0 Å². The van der Waals surface area contributed by atoms with E-state index in [2.05, 4.69) is 22.2 Å². The number of hydrogen-bond donors (Lipinski definition) is 1. The van der Waals surface area contributed by atoms with Crippen LogP contribution in [-0.4, -0.2) is 62.2 Å². The number of nitrogens with zero attached hydrogens (tertiary/aromatic N) is 2. The monoisotopic (exact) mass is 265 g/mol. The highest BCUT2D eigenvalue weighted by atomic mass is 15.3. The van der Waals surface area contributed by atoms with Crippen molar-refractivity contribution in [2.45, 2.75) is 44.6 Å². The van der Waals surface area contributed by atoms with Crippen LogP contribution in [0, 0.1) is 11.8 Å². The van der Waals surface area contributed by atoms with Crippen molar-refractivity contribution in [1.29, 1.82) is 0 Å². The van der Waals surface area contributed by atoms with Gasteiger partial charge in [0.05, 0.1) is 0 Å². The lowest BCUT2D eigenvalue weighted by molar-refractivity contribution is 0.112. The lowest BCUT2D eigenvalue weighted by Crippen LogP contribution is -2.51. The first-order valence-electron chi connectivity index (χ1n) is 8.47. The van der Waals surface area contributed by atoms with Crippen LogP contribution in [0.4, 0.5) is 0 Å². The molecule has 3 fully saturated rings. The molecule has 19 heavy (non-hydrogen) atoms. The van der Waals surface area contributed by atoms with Crippen LogP contribution in [0.2, 0.25) is 0 Å². The molecule has 1 N–H and O–H groups in total. The number of rotatable bonds is 6. The van der Waals surface area contributed by atoms with Crippen molar-refractivity contribution in [3.05, 3.63) is 0 Å². The molecule has 110 valence electrons. The number of likely N-dealkylation sites (N-methyl/N-ethyl adjacent to an activating group) is 1. The van der Waals surface area contributed by atoms with Gasteiger partial charge in [-0.25, -0.2) is 0 Å². The van der Waals surface area contributed by atoms with Crippen molar-refractivity contribution in [1.82, 2.24) is 15.1 Å². The van der Waals surface area contributed by atoms with Gasteiger partial charge in [0.15, 0.2) is 0 Å². The van der Waals surface area contributed by atoms with Crippen molar-refractivity contribution in [2.24, 2.45) is 11.8 Å². The van der Waals surface area contributed by atoms with Crippen LogP contribution in [0.15, 0.2) is 0 Å². The minimum absolute atomic E-state index is 0.734. The minimum Gasteiger partial charge on any atom is -0.315 e. The molecule has 0 aromatic heterocycles. The molecule has 1 saturated heterocycles. The highest BCUT2D eigenvalue weighted by Gasteiger charge is 2.29. The smallest absolute Gasteiger partial charge is 0.0220 e. The Morgan fingerprint density at radius 2 is 1.58 bits per heavy atom. The fourth-order valence-electron chi connectivity index (χ4n) is 3.93. The predicted octanol–water partition coefficient (Wildman–Crippen LogP) is 1.79. The summed E-state index contributed by atoms with van der Waals surface area (Å²) in [5.41, 5.74) is 0. The molecule has 0 bridgehead atoms. The molecule has 1 aliphatic heterocycles. The van der Waals surface area contributed by atoms with Gasteiger partial charge in [0.25, 0.3) is 0 Å². The highest BCUT2D eigenvalue weighted by molar-refractivity contribution is 4.85. The first-order valence-corrected chi connectivity index (χ1v) is 8.47. The maximum absolute atomic E-state index is 3.59. The van der Waals surface area contributed by atoms with E-state index in [1.807, 2.05) is 0 Å². The van der Waals surface area contributed by atoms with E-state index in [0.29, 0.717) is 0 Å². The zero-order valence-corrected chi connectivity index (χ0v) is 12.6. The van der Waals surface area contributed by atoms with E-state index >= 15 is 0 Å². The van der Waals surface area contributed by atoms with Crippen LogP contribution in [0.3, 0.4) is 0 Å². The quantitative estimate of drug-likeness (QED) is 0.790. The Bertz CT molecular complexity index is 263. The molecule has 0 radical (unpaired) electrons. The molecule has 3 heteroatoms. The second-order valence-electron chi connectivity index (χ2n) is 6.98. The molecule has 1 heterocycles. The topological polar surface area (TPSA) is 18.5 Å². The average molecular weight is 265 g/mol. The normalized spacial score (nSPS) is 28.9. The third-order valence-electron chi connectivity index (χ3n) is 5.47. The molecule has 0 amide bonds. The number of hydrogen-bond acceptors (Lipinski definition) is 3. The fourth-order valence-corrected chi connectivity index (χ4v) is 3.93. The summed E-state index contributed by atoms with van der Waals surface area (Å²) in [6.07, 6.45) is 8.80. The lowest BCUT2D eigenvalue weighted by Gasteiger charge is -2.37. The van der Waals surface area contributed by atoms with E-state index in [4.69, 9.17) is 0 Å². The zero-order chi connectivity index (χ0) is 13.1. The molecular weight excluding hydrogens is 234 g/mol. The number of piperazine rings is 1. The van der Waals surface area contributed by atoms with E-state index < -0.39 is 0 Å². The Balaban J connectivity index is 1.39. The van der Waals surface area contributed by atoms with Crippen molar-refractivity contribution in [3.63, 3.8) is 0 Å². The Morgan fingerprint density at radius 1 is 0.947 bits per heavy atom. The summed E-state index contributed by atoms with van der Waals surface area (Å²) >= 11 is 0. The summed E-state index contributed by atoms with van der Waals surface area (Å²) in [6.45, 7) is 7.84. The Labute approximate surface area is 118 Å². The molecular formula is C16H31N3. The molecule has 0 spiro atoms. The summed E-state index contributed by atoms with van der Waals surface area (Å²) in [6, 6.07) is 0.734. The summed E-state index contributed by atoms with van der Waals surface area (Å²) < 4.78 is 0. The molecule has 3 aliphatic rings. The molecule has 0 aromatic carbocycles. The van der Waals surface area contributed by atoms with Gasteiger partial charge >= 0.3 is 0 Å². The van der Waals surface area contributed by atoms with E-state index in [1.165, 1.54) is 77.8 Å². The Morgan fingerprint density at radius 3 is 2.16 bits per heavy atom. The highest BCUT2D eigenvalue weighted by Crippen LogP contribution is 2.30. The maximum atomic E-state index is 3.59. The van der Waals surface area contributed by atoms with Crippen LogP contribution >= 0.6 is 0 Å². The summed E-state index contributed by atoms with van der Waals surface area (Å²) in [5, 5.41) is 3.59. The SMILES string of the molecule is CNC(CN1CCN(CC2CC2)CC1)C1CCCC1. The van der Waals surface area contributed by atoms with E-state index in [-0.39, 0.29) is 0 Å². The largest absolute Gasteiger partial charge is 0.315 e. The standard InChI is InChI=1S/C16H31N3/c1-17-16(15-4-2-3-5-15)13-19-10-8-18(9-11-19)12-14-6-7-14/h14-17H,2-13H2,1H3. The molecule has 2 aliphatic carbocycles. The molecule has 0 aromatic rings. The Kier molecular flexibility index (Phi) is 4.78. The summed E-state index contributed by atoms with van der Waals surface area (Å²) in [4.78, 5) is 5.39. The second kappa shape index (κ2) is 6.55. The van der Waals surface area contributed by atoms with Gasteiger partial charge in [-0.15, -0.1) is 0 Å². The van der Waals surface area contributed by atoms with Crippen LogP contribution < -0.4 is 5.32 Å². The van der Waals surface area contributed by atoms with Gasteiger partial charge in [0.2, 0.25) is 0 Å². The Hall–Kier alpha value is -0.120. The van der Waals surface area contributed by atoms with Gasteiger partial charge in [-0.3, -0.25) is 4.90 Å². The summed E-state index contributed by atoms with van der Waals surface area (Å²) in [5.74, 6) is 1.99. The number of nitrogens with one attached hydrogen (secondary N) is 1. The molecule has 1 atom stereocenters. The average Bonchev–Trinajstić information content (AvgIpc) is 3.08. The van der Waals surface area contributed by atoms with Crippen LogP contribution in [0.25, 0.3) is 0 Å². The molecule has 3 nitrogen and oxygen atoms in total. The van der Waals surface area contributed by atoms with Crippen LogP contribution in [0.1, 0.15) is 38.5 Å². The van der Waals surface area contributed by atoms with Crippen molar-refractivity contribution in [2.75, 3.05) is 46.3 Å². The van der Waals surface area contributed by atoms with Gasteiger partial charge in [0.1, 0.15) is 0 Å². The van der Waals surface area contributed by atoms with E-state index in [9.17, 15) is 0 Å². The fraction of sp³-hybridized carbons (Fsp3) is 1.00. The second-order valence-corrected chi connectivity index (χ2v) is 6.98. The van der Waals surface area contributed by atoms with Gasteiger partial charge in [0, 0.05) is 45.3 Å². The van der Waals surface area contributed by atoms with Crippen molar-refractivity contribution in [3.8, 4) is 0 Å². The van der Waals surface area contributed by atoms with Crippen molar-refractivity contribution < 1.29 is 0 Å². The first-order chi connectivity index (χ1) is 9.35. The summed E-state index contributed by atoms with van der Waals surface area (Å²) in [7, 11) is 2.16. The molecule has 2 saturated carbocycles. The lowest BCUT2D eigenvalue weighted by atomic mass is 9.97. The van der Waals surface area contributed by atoms with Crippen LogP contribution in [0.5, 0.6) is 0 Å². The molecule has 1 unspecified atom stereocenters. The zero-order valence-electron chi connectivity index (χ0n) is 12.6. The third kappa shape index (κ3) is 3.93. The third-order valence-corrected chi connectivity index (χ3v) is 5.47. The maximum Gasteiger partial charge on any atom is 0.0220 e. The van der Waals surface area contributed by atoms with Gasteiger partial charge < -0.3 is 10.2 Å². The van der Waals surface area contributed by atoms with Gasteiger partial charge in [-0.2, -0.15) is 0 Å². The first kappa shape index (κ1) is 13.8. The van der Waals surface area contributed by atoms with E-state index in [1.54, 1.807) is 0 Å².